The normalized spacial score (nSPS) is 17.3. The number of hydrogen-bond acceptors (Lipinski definition) is 6. The minimum Gasteiger partial charge on any atom is -0.456 e. The second kappa shape index (κ2) is 8.08. The molecule has 9 heteroatoms. The highest BCUT2D eigenvalue weighted by atomic mass is 16.5. The summed E-state index contributed by atoms with van der Waals surface area (Å²) in [6.45, 7) is -0.618. The van der Waals surface area contributed by atoms with Crippen molar-refractivity contribution in [3.8, 4) is 6.07 Å². The van der Waals surface area contributed by atoms with Crippen molar-refractivity contribution in [1.29, 1.82) is 5.26 Å². The molecule has 1 aromatic rings. The van der Waals surface area contributed by atoms with E-state index in [1.165, 1.54) is 0 Å². The van der Waals surface area contributed by atoms with Gasteiger partial charge in [0.1, 0.15) is 11.6 Å². The second-order valence-electron chi connectivity index (χ2n) is 6.79. The van der Waals surface area contributed by atoms with Gasteiger partial charge >= 0.3 is 12.0 Å². The van der Waals surface area contributed by atoms with Crippen LogP contribution in [0.3, 0.4) is 0 Å². The maximum atomic E-state index is 12.5. The van der Waals surface area contributed by atoms with Crippen molar-refractivity contribution in [2.24, 2.45) is 0 Å². The summed E-state index contributed by atoms with van der Waals surface area (Å²) in [6.07, 6.45) is 2.79. The van der Waals surface area contributed by atoms with Crippen LogP contribution in [0, 0.1) is 11.3 Å². The van der Waals surface area contributed by atoms with Crippen LogP contribution in [0.5, 0.6) is 0 Å². The summed E-state index contributed by atoms with van der Waals surface area (Å²) in [5.41, 5.74) is -0.191. The molecule has 0 radical (unpaired) electrons. The van der Waals surface area contributed by atoms with Crippen molar-refractivity contribution in [1.82, 2.24) is 10.2 Å². The predicted molar refractivity (Wildman–Crippen MR) is 96.8 cm³/mol. The fourth-order valence-electron chi connectivity index (χ4n) is 3.49. The van der Waals surface area contributed by atoms with Gasteiger partial charge in [-0.15, -0.1) is 0 Å². The van der Waals surface area contributed by atoms with E-state index >= 15 is 0 Å². The monoisotopic (exact) mass is 384 g/mol. The van der Waals surface area contributed by atoms with E-state index in [9.17, 15) is 19.2 Å². The maximum Gasteiger partial charge on any atom is 0.325 e. The van der Waals surface area contributed by atoms with Crippen molar-refractivity contribution >= 4 is 29.5 Å². The number of nitrogens with zero attached hydrogens (tertiary/aromatic N) is 2. The molecular formula is C19H20N4O5. The van der Waals surface area contributed by atoms with Crippen molar-refractivity contribution < 1.29 is 23.9 Å². The quantitative estimate of drug-likeness (QED) is 0.562. The first-order valence-electron chi connectivity index (χ1n) is 9.04. The zero-order valence-electron chi connectivity index (χ0n) is 15.2. The van der Waals surface area contributed by atoms with Gasteiger partial charge in [-0.25, -0.2) is 4.79 Å². The number of rotatable bonds is 6. The number of urea groups is 1. The van der Waals surface area contributed by atoms with E-state index in [4.69, 9.17) is 10.00 Å². The lowest BCUT2D eigenvalue weighted by atomic mass is 9.98. The first-order valence-corrected chi connectivity index (χ1v) is 9.04. The molecule has 146 valence electrons. The van der Waals surface area contributed by atoms with Crippen LogP contribution < -0.4 is 10.6 Å². The van der Waals surface area contributed by atoms with Crippen molar-refractivity contribution in [2.75, 3.05) is 18.5 Å². The van der Waals surface area contributed by atoms with Gasteiger partial charge in [-0.2, -0.15) is 5.26 Å². The molecule has 2 fully saturated rings. The summed E-state index contributed by atoms with van der Waals surface area (Å²) in [7, 11) is 0. The van der Waals surface area contributed by atoms with Crippen LogP contribution in [0.2, 0.25) is 0 Å². The highest BCUT2D eigenvalue weighted by Gasteiger charge is 2.52. The number of hydrogen-bond donors (Lipinski definition) is 2. The van der Waals surface area contributed by atoms with Crippen LogP contribution >= 0.6 is 0 Å². The van der Waals surface area contributed by atoms with Crippen LogP contribution in [0.15, 0.2) is 24.3 Å². The summed E-state index contributed by atoms with van der Waals surface area (Å²) in [6, 6.07) is 7.90. The number of nitriles is 1. The number of para-hydroxylation sites is 1. The van der Waals surface area contributed by atoms with Gasteiger partial charge in [0.25, 0.3) is 11.8 Å². The summed E-state index contributed by atoms with van der Waals surface area (Å²) in [5, 5.41) is 14.2. The van der Waals surface area contributed by atoms with Crippen LogP contribution in [0.1, 0.15) is 37.7 Å². The Hall–Kier alpha value is -3.41. The molecule has 1 saturated carbocycles. The topological polar surface area (TPSA) is 129 Å². The van der Waals surface area contributed by atoms with Gasteiger partial charge in [-0.1, -0.05) is 25.0 Å². The zero-order valence-corrected chi connectivity index (χ0v) is 15.2. The number of ether oxygens (including phenoxy) is 1. The van der Waals surface area contributed by atoms with E-state index < -0.39 is 30.1 Å². The van der Waals surface area contributed by atoms with Gasteiger partial charge in [0, 0.05) is 6.54 Å². The van der Waals surface area contributed by atoms with Gasteiger partial charge in [0.2, 0.25) is 0 Å². The van der Waals surface area contributed by atoms with Gasteiger partial charge in [0.15, 0.2) is 6.61 Å². The Kier molecular flexibility index (Phi) is 5.59. The number of anilines is 1. The Labute approximate surface area is 161 Å². The maximum absolute atomic E-state index is 12.5. The molecule has 0 aromatic heterocycles. The minimum absolute atomic E-state index is 0.0931. The Bertz CT molecular complexity index is 854. The van der Waals surface area contributed by atoms with Gasteiger partial charge in [-0.3, -0.25) is 19.3 Å². The summed E-state index contributed by atoms with van der Waals surface area (Å²) >= 11 is 0. The molecule has 0 atom stereocenters. The summed E-state index contributed by atoms with van der Waals surface area (Å²) in [5.74, 6) is -1.58. The molecule has 2 N–H and O–H groups in total. The molecule has 1 saturated heterocycles. The van der Waals surface area contributed by atoms with Crippen LogP contribution in [-0.2, 0) is 19.1 Å². The lowest BCUT2D eigenvalue weighted by Crippen LogP contribution is -2.44. The van der Waals surface area contributed by atoms with Crippen LogP contribution in [0.4, 0.5) is 10.5 Å². The molecule has 4 amide bonds. The third-order valence-corrected chi connectivity index (χ3v) is 4.93. The third kappa shape index (κ3) is 3.96. The first kappa shape index (κ1) is 19.4. The third-order valence-electron chi connectivity index (χ3n) is 4.93. The highest BCUT2D eigenvalue weighted by molar-refractivity contribution is 6.07. The van der Waals surface area contributed by atoms with Crippen LogP contribution in [-0.4, -0.2) is 47.4 Å². The molecule has 9 nitrogen and oxygen atoms in total. The van der Waals surface area contributed by atoms with E-state index in [0.29, 0.717) is 24.1 Å². The smallest absolute Gasteiger partial charge is 0.325 e. The number of carbonyl (C=O) groups is 4. The van der Waals surface area contributed by atoms with Crippen LogP contribution in [0.25, 0.3) is 0 Å². The number of benzene rings is 1. The Morgan fingerprint density at radius 3 is 2.68 bits per heavy atom. The number of esters is 1. The molecule has 2 aliphatic rings. The summed E-state index contributed by atoms with van der Waals surface area (Å²) < 4.78 is 4.89. The largest absolute Gasteiger partial charge is 0.456 e. The molecule has 1 aliphatic carbocycles. The average Bonchev–Trinajstić information content (AvgIpc) is 3.24. The van der Waals surface area contributed by atoms with E-state index in [-0.39, 0.29) is 18.9 Å². The molecule has 28 heavy (non-hydrogen) atoms. The van der Waals surface area contributed by atoms with Gasteiger partial charge in [0.05, 0.1) is 17.7 Å². The standard InChI is InChI=1S/C19H20N4O5/c20-11-13-5-1-2-6-14(13)21-15(24)12-28-16(25)7-10-23-17(26)19(22-18(23)27)8-3-4-9-19/h1-2,5-6H,3-4,7-10,12H2,(H,21,24)(H,22,27). The minimum atomic E-state index is -0.811. The lowest BCUT2D eigenvalue weighted by molar-refractivity contribution is -0.147. The Morgan fingerprint density at radius 1 is 1.25 bits per heavy atom. The zero-order chi connectivity index (χ0) is 20.1. The molecule has 1 aromatic carbocycles. The molecular weight excluding hydrogens is 364 g/mol. The highest BCUT2D eigenvalue weighted by Crippen LogP contribution is 2.35. The second-order valence-corrected chi connectivity index (χ2v) is 6.79. The number of amides is 4. The Balaban J connectivity index is 1.45. The number of imide groups is 1. The van der Waals surface area contributed by atoms with Crippen molar-refractivity contribution in [2.45, 2.75) is 37.6 Å². The molecule has 0 bridgehead atoms. The SMILES string of the molecule is N#Cc1ccccc1NC(=O)COC(=O)CCN1C(=O)NC2(CCCC2)C1=O. The molecule has 1 heterocycles. The average molecular weight is 384 g/mol. The molecule has 1 aliphatic heterocycles. The van der Waals surface area contributed by atoms with Crippen molar-refractivity contribution in [3.05, 3.63) is 29.8 Å². The predicted octanol–water partition coefficient (Wildman–Crippen LogP) is 1.29. The number of carbonyl (C=O) groups excluding carboxylic acids is 4. The van der Waals surface area contributed by atoms with Crippen molar-refractivity contribution in [3.63, 3.8) is 0 Å². The van der Waals surface area contributed by atoms with E-state index in [1.807, 2.05) is 6.07 Å². The summed E-state index contributed by atoms with van der Waals surface area (Å²) in [4.78, 5) is 49.3. The Morgan fingerprint density at radius 2 is 1.96 bits per heavy atom. The van der Waals surface area contributed by atoms with Gasteiger partial charge in [-0.05, 0) is 25.0 Å². The fraction of sp³-hybridized carbons (Fsp3) is 0.421. The van der Waals surface area contributed by atoms with Gasteiger partial charge < -0.3 is 15.4 Å². The molecule has 3 rings (SSSR count). The molecule has 0 unspecified atom stereocenters. The van der Waals surface area contributed by atoms with E-state index in [1.54, 1.807) is 24.3 Å². The van der Waals surface area contributed by atoms with E-state index in [2.05, 4.69) is 10.6 Å². The molecule has 1 spiro atoms. The fourth-order valence-corrected chi connectivity index (χ4v) is 3.49. The number of nitrogens with one attached hydrogen (secondary N) is 2. The first-order chi connectivity index (χ1) is 13.4. The lowest BCUT2D eigenvalue weighted by Gasteiger charge is -2.19. The van der Waals surface area contributed by atoms with E-state index in [0.717, 1.165) is 17.7 Å².